The summed E-state index contributed by atoms with van der Waals surface area (Å²) in [5, 5.41) is 16.5. The third kappa shape index (κ3) is 5.43. The first kappa shape index (κ1) is 22.4. The number of nitrogens with one attached hydrogen (secondary N) is 1. The van der Waals surface area contributed by atoms with Gasteiger partial charge < -0.3 is 14.8 Å². The molecule has 8 nitrogen and oxygen atoms in total. The number of halogens is 4. The molecule has 0 aliphatic carbocycles. The Bertz CT molecular complexity index is 1160. The van der Waals surface area contributed by atoms with Crippen molar-refractivity contribution in [1.29, 1.82) is 5.26 Å². The highest BCUT2D eigenvalue weighted by Gasteiger charge is 2.31. The van der Waals surface area contributed by atoms with E-state index in [1.54, 1.807) is 12.3 Å². The molecular weight excluding hydrogens is 483 g/mol. The van der Waals surface area contributed by atoms with Crippen LogP contribution in [0, 0.1) is 11.3 Å². The van der Waals surface area contributed by atoms with Crippen molar-refractivity contribution in [3.05, 3.63) is 46.6 Å². The molecule has 1 N–H and O–H groups in total. The van der Waals surface area contributed by atoms with Crippen molar-refractivity contribution in [1.82, 2.24) is 20.1 Å². The number of carbonyl (C=O) groups excluding carboxylic acids is 1. The Morgan fingerprint density at radius 3 is 2.55 bits per heavy atom. The number of aromatic nitrogens is 3. The molecular formula is C19H15BrF3N5O3. The van der Waals surface area contributed by atoms with Crippen LogP contribution in [0.1, 0.15) is 17.3 Å². The lowest BCUT2D eigenvalue weighted by molar-refractivity contribution is -0.274. The fourth-order valence-electron chi connectivity index (χ4n) is 2.74. The fraction of sp³-hybridized carbons (Fsp3) is 0.263. The van der Waals surface area contributed by atoms with Crippen LogP contribution in [0.5, 0.6) is 11.6 Å². The predicted octanol–water partition coefficient (Wildman–Crippen LogP) is 3.81. The molecule has 1 unspecified atom stereocenters. The molecule has 2 aromatic heterocycles. The third-order valence-corrected chi connectivity index (χ3v) is 4.69. The summed E-state index contributed by atoms with van der Waals surface area (Å²) in [5.41, 5.74) is -0.204. The van der Waals surface area contributed by atoms with Crippen LogP contribution < -0.4 is 14.8 Å². The van der Waals surface area contributed by atoms with E-state index in [9.17, 15) is 23.2 Å². The molecule has 0 saturated heterocycles. The number of benzene rings is 1. The molecule has 162 valence electrons. The Morgan fingerprint density at radius 1 is 1.29 bits per heavy atom. The highest BCUT2D eigenvalue weighted by molar-refractivity contribution is 9.10. The van der Waals surface area contributed by atoms with Crippen LogP contribution in [0.4, 0.5) is 13.2 Å². The Hall–Kier alpha value is -3.33. The number of amides is 1. The van der Waals surface area contributed by atoms with E-state index in [4.69, 9.17) is 4.74 Å². The summed E-state index contributed by atoms with van der Waals surface area (Å²) in [6, 6.07) is 8.12. The van der Waals surface area contributed by atoms with E-state index in [2.05, 4.69) is 36.1 Å². The first-order chi connectivity index (χ1) is 14.5. The van der Waals surface area contributed by atoms with Crippen LogP contribution >= 0.6 is 15.9 Å². The minimum atomic E-state index is -4.83. The highest BCUT2D eigenvalue weighted by atomic mass is 79.9. The van der Waals surface area contributed by atoms with Crippen LogP contribution in [-0.4, -0.2) is 39.7 Å². The number of rotatable bonds is 6. The van der Waals surface area contributed by atoms with Gasteiger partial charge in [-0.25, -0.2) is 4.98 Å². The van der Waals surface area contributed by atoms with Gasteiger partial charge in [0.05, 0.1) is 30.4 Å². The quantitative estimate of drug-likeness (QED) is 0.555. The zero-order valence-electron chi connectivity index (χ0n) is 16.2. The predicted molar refractivity (Wildman–Crippen MR) is 106 cm³/mol. The molecule has 0 spiro atoms. The minimum Gasteiger partial charge on any atom is -0.480 e. The van der Waals surface area contributed by atoms with Gasteiger partial charge >= 0.3 is 6.36 Å². The number of hydrogen-bond acceptors (Lipinski definition) is 6. The van der Waals surface area contributed by atoms with Crippen molar-refractivity contribution in [2.75, 3.05) is 7.11 Å². The van der Waals surface area contributed by atoms with Crippen molar-refractivity contribution in [3.8, 4) is 17.7 Å². The molecule has 0 fully saturated rings. The van der Waals surface area contributed by atoms with E-state index < -0.39 is 23.6 Å². The number of nitriles is 1. The average molecular weight is 498 g/mol. The molecule has 0 saturated carbocycles. The lowest BCUT2D eigenvalue weighted by atomic mass is 10.0. The van der Waals surface area contributed by atoms with E-state index in [1.165, 1.54) is 30.8 Å². The van der Waals surface area contributed by atoms with E-state index >= 15 is 0 Å². The average Bonchev–Trinajstić information content (AvgIpc) is 3.06. The van der Waals surface area contributed by atoms with E-state index in [-0.39, 0.29) is 12.1 Å². The number of alkyl halides is 3. The topological polar surface area (TPSA) is 102 Å². The number of pyridine rings is 1. The lowest BCUT2D eigenvalue weighted by Crippen LogP contribution is -2.48. The maximum Gasteiger partial charge on any atom is 0.573 e. The number of hydrogen-bond donors (Lipinski definition) is 1. The summed E-state index contributed by atoms with van der Waals surface area (Å²) in [7, 11) is 1.48. The maximum atomic E-state index is 12.5. The van der Waals surface area contributed by atoms with Gasteiger partial charge in [-0.05, 0) is 53.2 Å². The smallest absolute Gasteiger partial charge is 0.480 e. The second kappa shape index (κ2) is 8.43. The van der Waals surface area contributed by atoms with Crippen molar-refractivity contribution in [3.63, 3.8) is 0 Å². The van der Waals surface area contributed by atoms with E-state index in [0.717, 1.165) is 12.1 Å². The second-order valence-corrected chi connectivity index (χ2v) is 7.54. The number of fused-ring (bicyclic) bond motifs is 1. The standard InChI is InChI=1S/C19H15BrF3N5O3/c1-18(9-24,10-28-8-15-14(27-28)7-13(20)17(25-15)30-2)26-16(29)11-3-5-12(6-4-11)31-19(21,22)23/h3-8H,10H2,1-2H3,(H,26,29). The molecule has 3 aromatic rings. The van der Waals surface area contributed by atoms with Crippen LogP contribution in [-0.2, 0) is 6.54 Å². The monoisotopic (exact) mass is 497 g/mol. The van der Waals surface area contributed by atoms with Crippen LogP contribution in [0.2, 0.25) is 0 Å². The first-order valence-electron chi connectivity index (χ1n) is 8.69. The summed E-state index contributed by atoms with van der Waals surface area (Å²) in [4.78, 5) is 16.8. The number of nitrogens with zero attached hydrogens (tertiary/aromatic N) is 4. The van der Waals surface area contributed by atoms with Crippen molar-refractivity contribution in [2.45, 2.75) is 25.4 Å². The van der Waals surface area contributed by atoms with Gasteiger partial charge in [0.1, 0.15) is 22.3 Å². The third-order valence-electron chi connectivity index (χ3n) is 4.12. The molecule has 0 aliphatic rings. The Balaban J connectivity index is 1.75. The Labute approximate surface area is 182 Å². The minimum absolute atomic E-state index is 0.000797. The first-order valence-corrected chi connectivity index (χ1v) is 9.48. The van der Waals surface area contributed by atoms with Gasteiger partial charge in [-0.2, -0.15) is 10.4 Å². The number of methoxy groups -OCH3 is 1. The molecule has 2 heterocycles. The molecule has 0 aliphatic heterocycles. The molecule has 3 rings (SSSR count). The van der Waals surface area contributed by atoms with Gasteiger partial charge in [-0.1, -0.05) is 0 Å². The highest BCUT2D eigenvalue weighted by Crippen LogP contribution is 2.26. The van der Waals surface area contributed by atoms with Gasteiger partial charge in [-0.15, -0.1) is 13.2 Å². The van der Waals surface area contributed by atoms with E-state index in [1.807, 2.05) is 6.07 Å². The van der Waals surface area contributed by atoms with Crippen LogP contribution in [0.15, 0.2) is 41.0 Å². The molecule has 0 radical (unpaired) electrons. The molecule has 1 amide bonds. The molecule has 1 aromatic carbocycles. The van der Waals surface area contributed by atoms with Gasteiger partial charge in [0.15, 0.2) is 0 Å². The van der Waals surface area contributed by atoms with Crippen LogP contribution in [0.3, 0.4) is 0 Å². The van der Waals surface area contributed by atoms with Gasteiger partial charge in [0, 0.05) is 5.56 Å². The van der Waals surface area contributed by atoms with Crippen LogP contribution in [0.25, 0.3) is 11.0 Å². The maximum absolute atomic E-state index is 12.5. The second-order valence-electron chi connectivity index (χ2n) is 6.68. The summed E-state index contributed by atoms with van der Waals surface area (Å²) >= 11 is 3.32. The zero-order chi connectivity index (χ0) is 22.8. The van der Waals surface area contributed by atoms with E-state index in [0.29, 0.717) is 21.4 Å². The molecule has 31 heavy (non-hydrogen) atoms. The zero-order valence-corrected chi connectivity index (χ0v) is 17.8. The lowest BCUT2D eigenvalue weighted by Gasteiger charge is -2.23. The van der Waals surface area contributed by atoms with Crippen molar-refractivity contribution in [2.24, 2.45) is 0 Å². The molecule has 1 atom stereocenters. The molecule has 0 bridgehead atoms. The van der Waals surface area contributed by atoms with Crippen molar-refractivity contribution >= 4 is 32.9 Å². The largest absolute Gasteiger partial charge is 0.573 e. The molecule has 12 heteroatoms. The Morgan fingerprint density at radius 2 is 1.97 bits per heavy atom. The summed E-state index contributed by atoms with van der Waals surface area (Å²) in [6.45, 7) is 1.50. The Kier molecular flexibility index (Phi) is 6.08. The summed E-state index contributed by atoms with van der Waals surface area (Å²) in [6.07, 6.45) is -3.22. The summed E-state index contributed by atoms with van der Waals surface area (Å²) < 4.78 is 47.8. The number of carbonyl (C=O) groups is 1. The summed E-state index contributed by atoms with van der Waals surface area (Å²) in [5.74, 6) is -0.715. The van der Waals surface area contributed by atoms with Gasteiger partial charge in [0.25, 0.3) is 5.91 Å². The number of ether oxygens (including phenoxy) is 2. The SMILES string of the molecule is COc1nc2cn(CC(C)(C#N)NC(=O)c3ccc(OC(F)(F)F)cc3)nc2cc1Br. The fourth-order valence-corrected chi connectivity index (χ4v) is 3.21. The normalized spacial score (nSPS) is 13.3. The van der Waals surface area contributed by atoms with Crippen molar-refractivity contribution < 1.29 is 27.4 Å². The van der Waals surface area contributed by atoms with Gasteiger partial charge in [-0.3, -0.25) is 9.48 Å². The van der Waals surface area contributed by atoms with Gasteiger partial charge in [0.2, 0.25) is 5.88 Å².